The highest BCUT2D eigenvalue weighted by Crippen LogP contribution is 2.33. The fourth-order valence-corrected chi connectivity index (χ4v) is 2.06. The van der Waals surface area contributed by atoms with E-state index in [0.717, 1.165) is 18.4 Å². The van der Waals surface area contributed by atoms with Gasteiger partial charge in [0.15, 0.2) is 0 Å². The third-order valence-corrected chi connectivity index (χ3v) is 3.20. The topological polar surface area (TPSA) is 79.3 Å². The van der Waals surface area contributed by atoms with Crippen LogP contribution in [0.3, 0.4) is 0 Å². The van der Waals surface area contributed by atoms with Crippen LogP contribution in [0, 0.1) is 5.92 Å². The van der Waals surface area contributed by atoms with E-state index < -0.39 is 5.97 Å². The van der Waals surface area contributed by atoms with Crippen LogP contribution in [-0.4, -0.2) is 28.0 Å². The summed E-state index contributed by atoms with van der Waals surface area (Å²) in [4.78, 5) is 26.5. The van der Waals surface area contributed by atoms with E-state index in [0.29, 0.717) is 11.1 Å². The third kappa shape index (κ3) is 4.50. The zero-order valence-corrected chi connectivity index (χ0v) is 11.4. The lowest BCUT2D eigenvalue weighted by atomic mass is 10.1. The van der Waals surface area contributed by atoms with Crippen LogP contribution in [0.2, 0.25) is 0 Å². The van der Waals surface area contributed by atoms with Gasteiger partial charge in [-0.25, -0.2) is 4.79 Å². The fraction of sp³-hybridized carbons (Fsp3) is 0.400. The molecule has 1 amide bonds. The van der Waals surface area contributed by atoms with Gasteiger partial charge in [0.05, 0.1) is 5.56 Å². The van der Waals surface area contributed by atoms with E-state index in [1.165, 1.54) is 31.3 Å². The molecule has 1 atom stereocenters. The van der Waals surface area contributed by atoms with Gasteiger partial charge in [0.25, 0.3) is 5.91 Å². The summed E-state index contributed by atoms with van der Waals surface area (Å²) in [6.07, 6.45) is 8.97. The number of carboxylic acid groups (broad SMARTS) is 1. The van der Waals surface area contributed by atoms with Gasteiger partial charge in [-0.3, -0.25) is 9.78 Å². The first-order valence-electron chi connectivity index (χ1n) is 6.71. The number of nitrogens with zero attached hydrogens (tertiary/aromatic N) is 1. The molecule has 0 saturated heterocycles. The van der Waals surface area contributed by atoms with Gasteiger partial charge in [-0.1, -0.05) is 12.8 Å². The smallest absolute Gasteiger partial charge is 0.328 e. The Balaban J connectivity index is 1.97. The van der Waals surface area contributed by atoms with Crippen molar-refractivity contribution in [1.82, 2.24) is 10.3 Å². The van der Waals surface area contributed by atoms with Crippen molar-refractivity contribution in [3.05, 3.63) is 35.7 Å². The highest BCUT2D eigenvalue weighted by Gasteiger charge is 2.24. The summed E-state index contributed by atoms with van der Waals surface area (Å²) in [5.74, 6) is -0.442. The highest BCUT2D eigenvalue weighted by molar-refractivity contribution is 5.95. The molecule has 1 fully saturated rings. The Morgan fingerprint density at radius 3 is 2.90 bits per heavy atom. The molecule has 0 aliphatic heterocycles. The van der Waals surface area contributed by atoms with Crippen molar-refractivity contribution in [2.45, 2.75) is 32.2 Å². The Labute approximate surface area is 117 Å². The number of aliphatic carboxylic acids is 1. The average Bonchev–Trinajstić information content (AvgIpc) is 3.20. The van der Waals surface area contributed by atoms with Gasteiger partial charge in [0, 0.05) is 24.5 Å². The number of rotatable bonds is 6. The van der Waals surface area contributed by atoms with Crippen LogP contribution in [0.15, 0.2) is 24.5 Å². The molecule has 1 saturated carbocycles. The molecular formula is C15H18N2O3. The predicted molar refractivity (Wildman–Crippen MR) is 75.2 cm³/mol. The number of aromatic nitrogens is 1. The van der Waals surface area contributed by atoms with E-state index in [-0.39, 0.29) is 11.9 Å². The number of amides is 1. The van der Waals surface area contributed by atoms with Crippen molar-refractivity contribution in [2.75, 3.05) is 0 Å². The molecule has 1 aromatic heterocycles. The van der Waals surface area contributed by atoms with Crippen LogP contribution in [0.25, 0.3) is 6.08 Å². The van der Waals surface area contributed by atoms with Crippen LogP contribution < -0.4 is 5.32 Å². The van der Waals surface area contributed by atoms with Crippen LogP contribution in [0.4, 0.5) is 0 Å². The third-order valence-electron chi connectivity index (χ3n) is 3.20. The van der Waals surface area contributed by atoms with Gasteiger partial charge in [0.2, 0.25) is 0 Å². The molecule has 1 heterocycles. The SMILES string of the molecule is CC(CC1CC1)NC(=O)c1cncc(C=CC(=O)O)c1. The summed E-state index contributed by atoms with van der Waals surface area (Å²) in [7, 11) is 0. The summed E-state index contributed by atoms with van der Waals surface area (Å²) in [5, 5.41) is 11.5. The summed E-state index contributed by atoms with van der Waals surface area (Å²) in [6.45, 7) is 2.00. The molecule has 0 bridgehead atoms. The minimum absolute atomic E-state index is 0.146. The second-order valence-corrected chi connectivity index (χ2v) is 5.23. The van der Waals surface area contributed by atoms with E-state index in [1.807, 2.05) is 6.92 Å². The van der Waals surface area contributed by atoms with Crippen LogP contribution in [-0.2, 0) is 4.79 Å². The van der Waals surface area contributed by atoms with Crippen molar-refractivity contribution < 1.29 is 14.7 Å². The molecule has 1 aliphatic carbocycles. The summed E-state index contributed by atoms with van der Waals surface area (Å²) < 4.78 is 0. The van der Waals surface area contributed by atoms with Crippen molar-refractivity contribution in [3.63, 3.8) is 0 Å². The predicted octanol–water partition coefficient (Wildman–Crippen LogP) is 2.10. The first kappa shape index (κ1) is 14.2. The number of carbonyl (C=O) groups excluding carboxylic acids is 1. The minimum Gasteiger partial charge on any atom is -0.478 e. The molecular weight excluding hydrogens is 256 g/mol. The number of hydrogen-bond donors (Lipinski definition) is 2. The molecule has 2 rings (SSSR count). The maximum absolute atomic E-state index is 12.1. The van der Waals surface area contributed by atoms with Gasteiger partial charge in [-0.2, -0.15) is 0 Å². The maximum Gasteiger partial charge on any atom is 0.328 e. The molecule has 2 N–H and O–H groups in total. The first-order chi connectivity index (χ1) is 9.54. The molecule has 0 aromatic carbocycles. The van der Waals surface area contributed by atoms with Crippen LogP contribution in [0.5, 0.6) is 0 Å². The molecule has 1 aliphatic rings. The zero-order chi connectivity index (χ0) is 14.5. The van der Waals surface area contributed by atoms with Gasteiger partial charge in [0.1, 0.15) is 0 Å². The summed E-state index contributed by atoms with van der Waals surface area (Å²) in [5.41, 5.74) is 1.04. The Bertz CT molecular complexity index is 536. The normalized spacial score (nSPS) is 16.1. The molecule has 1 unspecified atom stereocenters. The Morgan fingerprint density at radius 2 is 2.25 bits per heavy atom. The second-order valence-electron chi connectivity index (χ2n) is 5.23. The van der Waals surface area contributed by atoms with E-state index in [4.69, 9.17) is 5.11 Å². The van der Waals surface area contributed by atoms with E-state index in [9.17, 15) is 9.59 Å². The number of carbonyl (C=O) groups is 2. The first-order valence-corrected chi connectivity index (χ1v) is 6.71. The summed E-state index contributed by atoms with van der Waals surface area (Å²) >= 11 is 0. The number of nitrogens with one attached hydrogen (secondary N) is 1. The Hall–Kier alpha value is -2.17. The van der Waals surface area contributed by atoms with Gasteiger partial charge in [-0.15, -0.1) is 0 Å². The van der Waals surface area contributed by atoms with E-state index in [2.05, 4.69) is 10.3 Å². The lowest BCUT2D eigenvalue weighted by Crippen LogP contribution is -2.32. The van der Waals surface area contributed by atoms with Crippen molar-refractivity contribution in [3.8, 4) is 0 Å². The standard InChI is InChI=1S/C15H18N2O3/c1-10(6-11-2-3-11)17-15(20)13-7-12(8-16-9-13)4-5-14(18)19/h4-5,7-11H,2-3,6H2,1H3,(H,17,20)(H,18,19). The number of pyridine rings is 1. The van der Waals surface area contributed by atoms with E-state index >= 15 is 0 Å². The molecule has 5 heteroatoms. The molecule has 106 valence electrons. The van der Waals surface area contributed by atoms with Crippen LogP contribution >= 0.6 is 0 Å². The Morgan fingerprint density at radius 1 is 1.50 bits per heavy atom. The lowest BCUT2D eigenvalue weighted by Gasteiger charge is -2.13. The summed E-state index contributed by atoms with van der Waals surface area (Å²) in [6, 6.07) is 1.78. The molecule has 0 spiro atoms. The quantitative estimate of drug-likeness (QED) is 0.778. The van der Waals surface area contributed by atoms with E-state index in [1.54, 1.807) is 6.07 Å². The Kier molecular flexibility index (Phi) is 4.50. The number of carboxylic acids is 1. The lowest BCUT2D eigenvalue weighted by molar-refractivity contribution is -0.131. The van der Waals surface area contributed by atoms with Crippen molar-refractivity contribution in [2.24, 2.45) is 5.92 Å². The number of hydrogen-bond acceptors (Lipinski definition) is 3. The van der Waals surface area contributed by atoms with Crippen molar-refractivity contribution in [1.29, 1.82) is 0 Å². The monoisotopic (exact) mass is 274 g/mol. The maximum atomic E-state index is 12.1. The molecule has 20 heavy (non-hydrogen) atoms. The van der Waals surface area contributed by atoms with Gasteiger partial charge < -0.3 is 10.4 Å². The van der Waals surface area contributed by atoms with Crippen LogP contribution in [0.1, 0.15) is 42.1 Å². The largest absolute Gasteiger partial charge is 0.478 e. The second kappa shape index (κ2) is 6.32. The molecule has 5 nitrogen and oxygen atoms in total. The zero-order valence-electron chi connectivity index (χ0n) is 11.4. The van der Waals surface area contributed by atoms with Crippen molar-refractivity contribution >= 4 is 18.0 Å². The van der Waals surface area contributed by atoms with Gasteiger partial charge in [-0.05, 0) is 37.0 Å². The highest BCUT2D eigenvalue weighted by atomic mass is 16.4. The fourth-order valence-electron chi connectivity index (χ4n) is 2.06. The molecule has 1 aromatic rings. The average molecular weight is 274 g/mol. The molecule has 0 radical (unpaired) electrons. The minimum atomic E-state index is -1.03. The van der Waals surface area contributed by atoms with Gasteiger partial charge >= 0.3 is 5.97 Å².